The van der Waals surface area contributed by atoms with Gasteiger partial charge in [0.2, 0.25) is 5.91 Å². The molecule has 6 aliphatic rings. The maximum absolute atomic E-state index is 14.5. The zero-order chi connectivity index (χ0) is 44.7. The zero-order valence-corrected chi connectivity index (χ0v) is 36.5. The quantitative estimate of drug-likeness (QED) is 0.236. The fourth-order valence-corrected chi connectivity index (χ4v) is 10.7. The van der Waals surface area contributed by atoms with Crippen LogP contribution in [0.1, 0.15) is 80.9 Å². The van der Waals surface area contributed by atoms with E-state index < -0.39 is 36.5 Å². The summed E-state index contributed by atoms with van der Waals surface area (Å²) in [5.41, 5.74) is 8.99. The number of ether oxygens (including phenoxy) is 2. The van der Waals surface area contributed by atoms with Crippen LogP contribution in [0.15, 0.2) is 29.6 Å². The Bertz CT molecular complexity index is 2420. The largest absolute Gasteiger partial charge is 0.464 e. The first-order chi connectivity index (χ1) is 30.0. The van der Waals surface area contributed by atoms with Crippen LogP contribution in [-0.4, -0.2) is 112 Å². The number of hydrogen-bond acceptors (Lipinski definition) is 12. The Labute approximate surface area is 360 Å². The van der Waals surface area contributed by atoms with Crippen molar-refractivity contribution in [1.82, 2.24) is 40.4 Å². The molecule has 3 aromatic heterocycles. The minimum Gasteiger partial charge on any atom is -0.464 e. The molecule has 14 nitrogen and oxygen atoms in total. The number of esters is 1. The molecule has 7 heterocycles. The van der Waals surface area contributed by atoms with Crippen molar-refractivity contribution in [3.63, 3.8) is 0 Å². The molecule has 5 fully saturated rings. The molecule has 1 unspecified atom stereocenters. The highest BCUT2D eigenvalue weighted by atomic mass is 32.1. The molecule has 15 heteroatoms. The monoisotopic (exact) mass is 840 g/mol. The number of amides is 2. The van der Waals surface area contributed by atoms with Crippen molar-refractivity contribution >= 4 is 45.8 Å². The van der Waals surface area contributed by atoms with Crippen LogP contribution in [0.5, 0.6) is 0 Å². The standard InChI is InChI=1S/C45H59N9O5S/c1-9-53-35-11-10-27-18-30(35)32(41(53)31-19-36(48-49-39(31)26(4)58-8)52-14-12-51(7)13-15-52)21-45(5,6)23-59-44(57)40-28-16-29(17-28)54(50-40)43(56)33(20-37-46-34(27)22-60-37)47-42(55)38-24(2)25(38)3/h10-11,18-19,22,24-26,28-29,33,38,40,50H,9,12-17,20-21,23H2,1-8H3,(H,47,55)/t24-,25+,26-,28?,29?,33-,38?,40-/m0/s1/i7D3. The predicted octanol–water partition coefficient (Wildman–Crippen LogP) is 5.25. The number of likely N-dealkylation sites (N-methyl/N-ethyl adjacent to an activating group) is 1. The number of anilines is 1. The summed E-state index contributed by atoms with van der Waals surface area (Å²) >= 11 is 1.47. The van der Waals surface area contributed by atoms with Gasteiger partial charge in [0.25, 0.3) is 5.91 Å². The number of aryl methyl sites for hydroxylation is 1. The highest BCUT2D eigenvalue weighted by Crippen LogP contribution is 2.46. The Morgan fingerprint density at radius 1 is 1.13 bits per heavy atom. The SMILES string of the molecule is [2H]C([2H])([2H])N1CCN(c2cc(-c3c4c5cc(ccc5n3CC)-c3csc(n3)C[C@H](NC(=O)C3[C@@H](C)[C@H]3C)C(=O)N3N[C@H](C(=O)OCC(C)(C)C4)C4CC3C4)c([C@H](C)OC)nn2)CC1. The molecule has 10 rings (SSSR count). The van der Waals surface area contributed by atoms with E-state index in [0.29, 0.717) is 63.5 Å². The van der Waals surface area contributed by atoms with Gasteiger partial charge in [-0.15, -0.1) is 16.4 Å². The van der Waals surface area contributed by atoms with Crippen LogP contribution in [0.2, 0.25) is 0 Å². The average molecular weight is 841 g/mol. The van der Waals surface area contributed by atoms with Crippen LogP contribution in [0.3, 0.4) is 0 Å². The topological polar surface area (TPSA) is 147 Å². The molecule has 3 saturated heterocycles. The number of fused-ring (bicyclic) bond motifs is 4. The Hall–Kier alpha value is -4.44. The van der Waals surface area contributed by atoms with E-state index in [9.17, 15) is 14.4 Å². The number of hydrazine groups is 1. The van der Waals surface area contributed by atoms with Crippen LogP contribution in [0.25, 0.3) is 33.4 Å². The number of thiazole rings is 1. The molecule has 2 saturated carbocycles. The molecular formula is C45H59N9O5S. The molecule has 320 valence electrons. The van der Waals surface area contributed by atoms with Gasteiger partial charge in [-0.2, -0.15) is 5.10 Å². The van der Waals surface area contributed by atoms with Crippen LogP contribution < -0.4 is 15.6 Å². The van der Waals surface area contributed by atoms with Crippen LogP contribution in [0, 0.1) is 29.1 Å². The number of nitrogens with one attached hydrogen (secondary N) is 2. The molecule has 6 atom stereocenters. The van der Waals surface area contributed by atoms with Crippen LogP contribution in [0.4, 0.5) is 5.82 Å². The van der Waals surface area contributed by atoms with Crippen molar-refractivity contribution < 1.29 is 28.0 Å². The molecular weight excluding hydrogens is 779 g/mol. The first-order valence-electron chi connectivity index (χ1n) is 23.0. The Balaban J connectivity index is 1.15. The molecule has 0 radical (unpaired) electrons. The molecule has 4 aliphatic heterocycles. The Morgan fingerprint density at radius 2 is 1.90 bits per heavy atom. The molecule has 2 aliphatic carbocycles. The normalized spacial score (nSPS) is 29.4. The van der Waals surface area contributed by atoms with Gasteiger partial charge in [-0.1, -0.05) is 33.8 Å². The third kappa shape index (κ3) is 7.38. The number of hydrogen-bond donors (Lipinski definition) is 2. The number of cyclic esters (lactones) is 1. The van der Waals surface area contributed by atoms with E-state index in [1.165, 1.54) is 16.2 Å². The summed E-state index contributed by atoms with van der Waals surface area (Å²) in [4.78, 5) is 50.8. The van der Waals surface area contributed by atoms with Crippen LogP contribution >= 0.6 is 11.3 Å². The molecule has 4 aromatic rings. The number of aromatic nitrogens is 4. The summed E-state index contributed by atoms with van der Waals surface area (Å²) in [5.74, 6) is 0.262. The fraction of sp³-hybridized carbons (Fsp3) is 0.600. The number of piperazine rings is 1. The second-order valence-electron chi connectivity index (χ2n) is 18.4. The van der Waals surface area contributed by atoms with Gasteiger partial charge in [-0.3, -0.25) is 19.4 Å². The number of rotatable bonds is 7. The molecule has 0 spiro atoms. The van der Waals surface area contributed by atoms with E-state index in [-0.39, 0.29) is 54.6 Å². The van der Waals surface area contributed by atoms with E-state index in [4.69, 9.17) is 23.7 Å². The van der Waals surface area contributed by atoms with Crippen molar-refractivity contribution in [2.75, 3.05) is 51.8 Å². The lowest BCUT2D eigenvalue weighted by Crippen LogP contribution is -2.71. The molecule has 8 bridgehead atoms. The molecule has 1 aromatic carbocycles. The summed E-state index contributed by atoms with van der Waals surface area (Å²) in [6.07, 6.45) is 1.72. The summed E-state index contributed by atoms with van der Waals surface area (Å²) in [5, 5.41) is 18.0. The van der Waals surface area contributed by atoms with Crippen molar-refractivity contribution in [3.05, 3.63) is 45.9 Å². The van der Waals surface area contributed by atoms with Crippen molar-refractivity contribution in [3.8, 4) is 22.5 Å². The smallest absolute Gasteiger partial charge is 0.325 e. The Morgan fingerprint density at radius 3 is 2.60 bits per heavy atom. The van der Waals surface area contributed by atoms with Gasteiger partial charge in [0.15, 0.2) is 5.82 Å². The maximum Gasteiger partial charge on any atom is 0.325 e. The van der Waals surface area contributed by atoms with Crippen molar-refractivity contribution in [2.45, 2.75) is 98.0 Å². The minimum atomic E-state index is -2.16. The molecule has 2 amide bonds. The van der Waals surface area contributed by atoms with Gasteiger partial charge in [0, 0.05) is 95.2 Å². The first-order valence-corrected chi connectivity index (χ1v) is 22.4. The number of nitrogens with zero attached hydrogens (tertiary/aromatic N) is 7. The minimum absolute atomic E-state index is 0.0431. The Kier molecular flexibility index (Phi) is 9.82. The predicted molar refractivity (Wildman–Crippen MR) is 231 cm³/mol. The molecule has 60 heavy (non-hydrogen) atoms. The second kappa shape index (κ2) is 15.8. The highest BCUT2D eigenvalue weighted by molar-refractivity contribution is 7.10. The lowest BCUT2D eigenvalue weighted by molar-refractivity contribution is -0.171. The van der Waals surface area contributed by atoms with Crippen molar-refractivity contribution in [2.24, 2.45) is 29.1 Å². The maximum atomic E-state index is 14.5. The zero-order valence-electron chi connectivity index (χ0n) is 38.7. The average Bonchev–Trinajstić information content (AvgIpc) is 3.51. The summed E-state index contributed by atoms with van der Waals surface area (Å²) in [6, 6.07) is 6.83. The number of carbonyl (C=O) groups excluding carboxylic acids is 3. The fourth-order valence-electron chi connectivity index (χ4n) is 9.82. The van der Waals surface area contributed by atoms with Gasteiger partial charge < -0.3 is 29.2 Å². The van der Waals surface area contributed by atoms with Crippen LogP contribution in [-0.2, 0) is 43.2 Å². The van der Waals surface area contributed by atoms with Gasteiger partial charge >= 0.3 is 5.97 Å². The number of methoxy groups -OCH3 is 1. The van der Waals surface area contributed by atoms with E-state index in [1.54, 1.807) is 12.1 Å². The lowest BCUT2D eigenvalue weighted by atomic mass is 9.73. The van der Waals surface area contributed by atoms with Crippen molar-refractivity contribution in [1.29, 1.82) is 0 Å². The summed E-state index contributed by atoms with van der Waals surface area (Å²) in [7, 11) is 1.66. The highest BCUT2D eigenvalue weighted by Gasteiger charge is 2.53. The van der Waals surface area contributed by atoms with E-state index in [0.717, 1.165) is 44.0 Å². The number of carbonyl (C=O) groups is 3. The van der Waals surface area contributed by atoms with Gasteiger partial charge in [-0.05, 0) is 81.6 Å². The molecule has 2 N–H and O–H groups in total. The summed E-state index contributed by atoms with van der Waals surface area (Å²) in [6.45, 7) is 12.7. The first kappa shape index (κ1) is 37.3. The summed E-state index contributed by atoms with van der Waals surface area (Å²) < 4.78 is 38.2. The third-order valence-electron chi connectivity index (χ3n) is 13.9. The van der Waals surface area contributed by atoms with Gasteiger partial charge in [-0.25, -0.2) is 10.4 Å². The lowest BCUT2D eigenvalue weighted by Gasteiger charge is -2.53. The van der Waals surface area contributed by atoms with E-state index in [2.05, 4.69) is 84.2 Å². The second-order valence-corrected chi connectivity index (χ2v) is 19.4. The van der Waals surface area contributed by atoms with E-state index >= 15 is 0 Å². The van der Waals surface area contributed by atoms with Gasteiger partial charge in [0.05, 0.1) is 29.1 Å². The number of benzene rings is 1. The van der Waals surface area contributed by atoms with Gasteiger partial charge in [0.1, 0.15) is 17.8 Å². The third-order valence-corrected chi connectivity index (χ3v) is 14.7. The van der Waals surface area contributed by atoms with E-state index in [1.807, 2.05) is 12.3 Å².